The third kappa shape index (κ3) is 5.64. The molecular formula is C28H27Cl2N6O2Zn-. The summed E-state index contributed by atoms with van der Waals surface area (Å²) in [6.07, 6.45) is 5.79. The van der Waals surface area contributed by atoms with E-state index in [1.165, 1.54) is 19.4 Å². The molecule has 0 amide bonds. The van der Waals surface area contributed by atoms with E-state index in [1.54, 1.807) is 31.4 Å². The van der Waals surface area contributed by atoms with E-state index in [4.69, 9.17) is 32.9 Å². The van der Waals surface area contributed by atoms with Crippen LogP contribution in [0.2, 0.25) is 10.0 Å². The zero-order valence-corrected chi connectivity index (χ0v) is 26.1. The number of hydrogen-bond acceptors (Lipinski definition) is 7. The Balaban J connectivity index is 0.00000308. The van der Waals surface area contributed by atoms with Crippen molar-refractivity contribution in [1.82, 2.24) is 20.1 Å². The van der Waals surface area contributed by atoms with Crippen LogP contribution < -0.4 is 20.5 Å². The van der Waals surface area contributed by atoms with Crippen LogP contribution in [0.15, 0.2) is 47.3 Å². The topological polar surface area (TPSA) is 86.4 Å². The van der Waals surface area contributed by atoms with Crippen molar-refractivity contribution in [3.63, 3.8) is 0 Å². The monoisotopic (exact) mass is 613 g/mol. The summed E-state index contributed by atoms with van der Waals surface area (Å²) in [5.74, 6) is 1.05. The van der Waals surface area contributed by atoms with Crippen LogP contribution in [0.5, 0.6) is 5.75 Å². The Bertz CT molecular complexity index is 1550. The molecule has 2 fully saturated rings. The van der Waals surface area contributed by atoms with Gasteiger partial charge in [-0.2, -0.15) is 5.39 Å². The van der Waals surface area contributed by atoms with E-state index in [-0.39, 0.29) is 25.0 Å². The summed E-state index contributed by atoms with van der Waals surface area (Å²) in [5, 5.41) is 11.7. The van der Waals surface area contributed by atoms with E-state index in [1.807, 2.05) is 12.1 Å². The summed E-state index contributed by atoms with van der Waals surface area (Å²) in [7, 11) is 1.64. The zero-order chi connectivity index (χ0) is 26.2. The third-order valence-electron chi connectivity index (χ3n) is 7.44. The smallest absolute Gasteiger partial charge is 0.218 e. The quantitative estimate of drug-likeness (QED) is 0.232. The molecule has 6 rings (SSSR count). The van der Waals surface area contributed by atoms with Crippen LogP contribution in [-0.4, -0.2) is 59.4 Å². The summed E-state index contributed by atoms with van der Waals surface area (Å²) >= 11 is 12.8. The fourth-order valence-electron chi connectivity index (χ4n) is 5.51. The van der Waals surface area contributed by atoms with E-state index in [2.05, 4.69) is 37.6 Å². The summed E-state index contributed by atoms with van der Waals surface area (Å²) in [6, 6.07) is 13.9. The number of nitrogens with one attached hydrogen (secondary N) is 2. The van der Waals surface area contributed by atoms with Crippen LogP contribution in [-0.2, 0) is 25.9 Å². The van der Waals surface area contributed by atoms with Gasteiger partial charge in [-0.15, -0.1) is 6.07 Å². The number of rotatable bonds is 6. The first-order valence-electron chi connectivity index (χ1n) is 12.7. The second-order valence-corrected chi connectivity index (χ2v) is 10.5. The van der Waals surface area contributed by atoms with Gasteiger partial charge in [0.15, 0.2) is 0 Å². The minimum Gasteiger partial charge on any atom is -0.494 e. The predicted octanol–water partition coefficient (Wildman–Crippen LogP) is 5.05. The van der Waals surface area contributed by atoms with Crippen molar-refractivity contribution < 1.29 is 24.2 Å². The molecule has 11 heteroatoms. The van der Waals surface area contributed by atoms with Crippen molar-refractivity contribution in [2.45, 2.75) is 25.3 Å². The number of pyridine rings is 1. The second kappa shape index (κ2) is 11.8. The van der Waals surface area contributed by atoms with Gasteiger partial charge in [0, 0.05) is 73.4 Å². The Hall–Kier alpha value is -2.71. The molecule has 4 aromatic rings. The van der Waals surface area contributed by atoms with Crippen molar-refractivity contribution in [2.24, 2.45) is 0 Å². The molecule has 4 heterocycles. The standard InChI is InChI=1S/C28H27Cl2N6O2.Zn/c1-38-25-14-19(36-11-10-35-9-3-4-20(35)16-36)7-8-24(25)33-27-26-17(15-31-34-28(26)37)12-18(32-27)13-21-22(29)5-2-6-23(21)30;/h2,5-8,12,14,20H,3-4,9-11,13,16H2,1H3,(H,32,33)(H,34,37);/q-1;. The first-order valence-corrected chi connectivity index (χ1v) is 13.4. The number of piperazine rings is 1. The molecule has 2 aliphatic heterocycles. The number of hydrogen-bond donors (Lipinski definition) is 2. The van der Waals surface area contributed by atoms with Gasteiger partial charge >= 0.3 is 0 Å². The number of halogens is 2. The molecule has 0 saturated carbocycles. The average molecular weight is 616 g/mol. The zero-order valence-electron chi connectivity index (χ0n) is 21.6. The molecule has 2 aromatic carbocycles. The van der Waals surface area contributed by atoms with Crippen molar-refractivity contribution in [1.29, 1.82) is 0 Å². The molecule has 0 radical (unpaired) electrons. The number of anilines is 3. The van der Waals surface area contributed by atoms with Gasteiger partial charge in [-0.1, -0.05) is 29.3 Å². The molecule has 2 aliphatic rings. The number of methoxy groups -OCH3 is 1. The van der Waals surface area contributed by atoms with Gasteiger partial charge in [0.05, 0.1) is 18.6 Å². The molecule has 0 aliphatic carbocycles. The fourth-order valence-corrected chi connectivity index (χ4v) is 6.04. The number of aromatic amines is 1. The van der Waals surface area contributed by atoms with Crippen LogP contribution in [0, 0.1) is 6.20 Å². The first-order chi connectivity index (χ1) is 18.5. The Morgan fingerprint density at radius 2 is 1.97 bits per heavy atom. The van der Waals surface area contributed by atoms with E-state index in [9.17, 15) is 4.79 Å². The van der Waals surface area contributed by atoms with Crippen molar-refractivity contribution in [3.05, 3.63) is 80.3 Å². The second-order valence-electron chi connectivity index (χ2n) is 9.71. The van der Waals surface area contributed by atoms with Gasteiger partial charge in [-0.3, -0.25) is 24.9 Å². The minimum absolute atomic E-state index is 0. The van der Waals surface area contributed by atoms with Gasteiger partial charge in [-0.25, -0.2) is 0 Å². The van der Waals surface area contributed by atoms with Gasteiger partial charge in [0.2, 0.25) is 5.56 Å². The Kier molecular flexibility index (Phi) is 8.43. The van der Waals surface area contributed by atoms with Gasteiger partial charge in [-0.05, 0) is 66.5 Å². The van der Waals surface area contributed by atoms with Crippen LogP contribution in [0.3, 0.4) is 0 Å². The van der Waals surface area contributed by atoms with Crippen molar-refractivity contribution in [2.75, 3.05) is 43.5 Å². The molecule has 2 aromatic heterocycles. The molecule has 0 spiro atoms. The summed E-state index contributed by atoms with van der Waals surface area (Å²) < 4.78 is 5.77. The number of H-pyrrole nitrogens is 1. The maximum atomic E-state index is 12.8. The van der Waals surface area contributed by atoms with Crippen LogP contribution in [0.25, 0.3) is 10.8 Å². The fraction of sp³-hybridized carbons (Fsp3) is 0.321. The van der Waals surface area contributed by atoms with Crippen LogP contribution in [0.1, 0.15) is 24.1 Å². The average Bonchev–Trinajstić information content (AvgIpc) is 3.39. The Morgan fingerprint density at radius 1 is 1.15 bits per heavy atom. The summed E-state index contributed by atoms with van der Waals surface area (Å²) in [4.78, 5) is 22.6. The Labute approximate surface area is 249 Å². The van der Waals surface area contributed by atoms with Gasteiger partial charge in [0.1, 0.15) is 5.75 Å². The van der Waals surface area contributed by atoms with Gasteiger partial charge in [0.25, 0.3) is 0 Å². The number of ether oxygens (including phenoxy) is 1. The summed E-state index contributed by atoms with van der Waals surface area (Å²) in [6.45, 7) is 4.30. The third-order valence-corrected chi connectivity index (χ3v) is 8.15. The molecule has 39 heavy (non-hydrogen) atoms. The van der Waals surface area contributed by atoms with E-state index >= 15 is 0 Å². The minimum atomic E-state index is -0.360. The maximum Gasteiger partial charge on any atom is 0.218 e. The predicted molar refractivity (Wildman–Crippen MR) is 151 cm³/mol. The number of fused-ring (bicyclic) bond motifs is 2. The van der Waals surface area contributed by atoms with E-state index < -0.39 is 0 Å². The molecular weight excluding hydrogens is 589 g/mol. The normalized spacial score (nSPS) is 17.1. The molecule has 8 nitrogen and oxygen atoms in total. The number of aromatic nitrogens is 3. The molecule has 198 valence electrons. The largest absolute Gasteiger partial charge is 0.494 e. The van der Waals surface area contributed by atoms with E-state index in [0.717, 1.165) is 30.9 Å². The molecule has 2 N–H and O–H groups in total. The maximum absolute atomic E-state index is 12.8. The molecule has 2 saturated heterocycles. The number of benzene rings is 2. The molecule has 1 atom stereocenters. The van der Waals surface area contributed by atoms with Gasteiger partial charge < -0.3 is 15.0 Å². The number of nitrogens with zero attached hydrogens (tertiary/aromatic N) is 4. The van der Waals surface area contributed by atoms with Crippen LogP contribution in [0.4, 0.5) is 17.2 Å². The Morgan fingerprint density at radius 3 is 2.77 bits per heavy atom. The SMILES string of the molecule is COc1cc(N2CCN3CCCC3C2)ccc1Nc1nc(Cc2c(Cl)cccc2Cl)cc2[c-]n[nH]c(=O)c12.[Zn]. The molecule has 1 unspecified atom stereocenters. The van der Waals surface area contributed by atoms with Crippen molar-refractivity contribution >= 4 is 51.2 Å². The molecule has 0 bridgehead atoms. The van der Waals surface area contributed by atoms with Crippen LogP contribution >= 0.6 is 23.2 Å². The van der Waals surface area contributed by atoms with E-state index in [0.29, 0.717) is 56.2 Å². The van der Waals surface area contributed by atoms with Crippen molar-refractivity contribution in [3.8, 4) is 5.75 Å². The summed E-state index contributed by atoms with van der Waals surface area (Å²) in [5.41, 5.74) is 2.89. The first kappa shape index (κ1) is 27.8.